The number of amides is 2. The summed E-state index contributed by atoms with van der Waals surface area (Å²) in [5.41, 5.74) is 0.835. The molecular formula is C16H23N7O2. The molecule has 2 amide bonds. The fourth-order valence-corrected chi connectivity index (χ4v) is 2.95. The molecule has 0 aromatic carbocycles. The molecule has 0 aliphatic carbocycles. The number of aryl methyl sites for hydroxylation is 3. The van der Waals surface area contributed by atoms with Crippen LogP contribution in [0.15, 0.2) is 23.3 Å². The highest BCUT2D eigenvalue weighted by Gasteiger charge is 2.24. The Bertz CT molecular complexity index is 807. The average molecular weight is 345 g/mol. The lowest BCUT2D eigenvalue weighted by Crippen LogP contribution is -2.50. The van der Waals surface area contributed by atoms with Crippen LogP contribution in [-0.2, 0) is 14.1 Å². The summed E-state index contributed by atoms with van der Waals surface area (Å²) in [4.78, 5) is 30.6. The monoisotopic (exact) mass is 345 g/mol. The van der Waals surface area contributed by atoms with Gasteiger partial charge in [-0.3, -0.25) is 14.8 Å². The van der Waals surface area contributed by atoms with Crippen molar-refractivity contribution in [1.82, 2.24) is 24.6 Å². The third-order valence-corrected chi connectivity index (χ3v) is 4.41. The minimum Gasteiger partial charge on any atom is -0.350 e. The van der Waals surface area contributed by atoms with Crippen molar-refractivity contribution in [3.63, 3.8) is 0 Å². The Kier molecular flexibility index (Phi) is 4.73. The third-order valence-electron chi connectivity index (χ3n) is 4.41. The van der Waals surface area contributed by atoms with E-state index in [0.29, 0.717) is 18.2 Å². The lowest BCUT2D eigenvalue weighted by Gasteiger charge is -2.33. The van der Waals surface area contributed by atoms with Crippen LogP contribution in [0, 0.1) is 6.92 Å². The molecule has 2 aromatic rings. The molecule has 3 rings (SSSR count). The number of carbonyl (C=O) groups is 1. The van der Waals surface area contributed by atoms with Crippen molar-refractivity contribution in [2.75, 3.05) is 23.3 Å². The number of piperidine rings is 1. The van der Waals surface area contributed by atoms with Gasteiger partial charge in [0.1, 0.15) is 0 Å². The molecule has 0 unspecified atom stereocenters. The summed E-state index contributed by atoms with van der Waals surface area (Å²) in [5, 5.41) is 9.90. The minimum atomic E-state index is -0.293. The van der Waals surface area contributed by atoms with Crippen molar-refractivity contribution in [3.8, 4) is 0 Å². The molecule has 1 aliphatic heterocycles. The molecule has 2 aromatic heterocycles. The Balaban J connectivity index is 1.62. The number of aromatic nitrogens is 4. The van der Waals surface area contributed by atoms with E-state index >= 15 is 0 Å². The highest BCUT2D eigenvalue weighted by atomic mass is 16.2. The third kappa shape index (κ3) is 3.81. The highest BCUT2D eigenvalue weighted by molar-refractivity contribution is 5.88. The van der Waals surface area contributed by atoms with Crippen molar-refractivity contribution in [2.24, 2.45) is 14.1 Å². The van der Waals surface area contributed by atoms with Gasteiger partial charge >= 0.3 is 6.03 Å². The Hall–Kier alpha value is -2.84. The van der Waals surface area contributed by atoms with Crippen LogP contribution in [0.25, 0.3) is 0 Å². The lowest BCUT2D eigenvalue weighted by atomic mass is 10.1. The van der Waals surface area contributed by atoms with Gasteiger partial charge in [-0.25, -0.2) is 9.78 Å². The SMILES string of the molecule is Cc1cc(NC(=O)N[C@H]2CCCN(c3nccn(C)c3=O)C2)nn1C. The summed E-state index contributed by atoms with van der Waals surface area (Å²) in [5.74, 6) is 0.945. The maximum absolute atomic E-state index is 12.2. The average Bonchev–Trinajstić information content (AvgIpc) is 2.87. The topological polar surface area (TPSA) is 97.1 Å². The summed E-state index contributed by atoms with van der Waals surface area (Å²) in [6, 6.07) is 1.47. The van der Waals surface area contributed by atoms with E-state index in [0.717, 1.165) is 25.1 Å². The van der Waals surface area contributed by atoms with Crippen molar-refractivity contribution in [3.05, 3.63) is 34.5 Å². The second kappa shape index (κ2) is 6.96. The normalized spacial score (nSPS) is 17.4. The molecule has 1 fully saturated rings. The van der Waals surface area contributed by atoms with Gasteiger partial charge in [0, 0.05) is 57.4 Å². The van der Waals surface area contributed by atoms with Crippen LogP contribution < -0.4 is 21.1 Å². The first kappa shape index (κ1) is 17.0. The standard InChI is InChI=1S/C16H23N7O2/c1-11-9-13(20-22(11)3)19-16(25)18-12-5-4-7-23(10-12)14-15(24)21(2)8-6-17-14/h6,8-9,12H,4-5,7,10H2,1-3H3,(H2,18,19,20,25)/t12-/m0/s1. The number of hydrogen-bond donors (Lipinski definition) is 2. The summed E-state index contributed by atoms with van der Waals surface area (Å²) in [6.45, 7) is 3.23. The van der Waals surface area contributed by atoms with E-state index in [1.165, 1.54) is 4.57 Å². The fourth-order valence-electron chi connectivity index (χ4n) is 2.95. The maximum Gasteiger partial charge on any atom is 0.320 e. The molecule has 9 heteroatoms. The first-order valence-electron chi connectivity index (χ1n) is 8.29. The zero-order valence-corrected chi connectivity index (χ0v) is 14.7. The molecule has 25 heavy (non-hydrogen) atoms. The second-order valence-electron chi connectivity index (χ2n) is 6.35. The van der Waals surface area contributed by atoms with Gasteiger partial charge in [-0.1, -0.05) is 0 Å². The first-order valence-corrected chi connectivity index (χ1v) is 8.29. The van der Waals surface area contributed by atoms with Gasteiger partial charge in [0.2, 0.25) is 0 Å². The quantitative estimate of drug-likeness (QED) is 0.850. The fraction of sp³-hybridized carbons (Fsp3) is 0.500. The number of anilines is 2. The van der Waals surface area contributed by atoms with Crippen LogP contribution in [0.3, 0.4) is 0 Å². The van der Waals surface area contributed by atoms with Gasteiger partial charge in [-0.05, 0) is 19.8 Å². The molecule has 1 saturated heterocycles. The molecule has 3 heterocycles. The Morgan fingerprint density at radius 3 is 2.88 bits per heavy atom. The van der Waals surface area contributed by atoms with E-state index in [9.17, 15) is 9.59 Å². The Morgan fingerprint density at radius 1 is 1.36 bits per heavy atom. The van der Waals surface area contributed by atoms with E-state index in [4.69, 9.17) is 0 Å². The molecular weight excluding hydrogens is 322 g/mol. The van der Waals surface area contributed by atoms with E-state index < -0.39 is 0 Å². The molecule has 0 bridgehead atoms. The zero-order chi connectivity index (χ0) is 18.0. The van der Waals surface area contributed by atoms with Gasteiger partial charge in [0.15, 0.2) is 11.6 Å². The summed E-state index contributed by atoms with van der Waals surface area (Å²) >= 11 is 0. The second-order valence-corrected chi connectivity index (χ2v) is 6.35. The van der Waals surface area contributed by atoms with E-state index in [-0.39, 0.29) is 17.6 Å². The highest BCUT2D eigenvalue weighted by Crippen LogP contribution is 2.15. The van der Waals surface area contributed by atoms with E-state index in [1.54, 1.807) is 24.1 Å². The number of urea groups is 1. The Morgan fingerprint density at radius 2 is 2.16 bits per heavy atom. The maximum atomic E-state index is 12.2. The predicted molar refractivity (Wildman–Crippen MR) is 94.8 cm³/mol. The molecule has 9 nitrogen and oxygen atoms in total. The van der Waals surface area contributed by atoms with Gasteiger partial charge in [-0.2, -0.15) is 5.10 Å². The van der Waals surface area contributed by atoms with E-state index in [2.05, 4.69) is 20.7 Å². The number of nitrogens with one attached hydrogen (secondary N) is 2. The number of nitrogens with zero attached hydrogens (tertiary/aromatic N) is 5. The van der Waals surface area contributed by atoms with Crippen LogP contribution in [0.4, 0.5) is 16.4 Å². The van der Waals surface area contributed by atoms with Crippen LogP contribution in [0.1, 0.15) is 18.5 Å². The molecule has 0 radical (unpaired) electrons. The molecule has 1 atom stereocenters. The molecule has 134 valence electrons. The predicted octanol–water partition coefficient (Wildman–Crippen LogP) is 0.613. The summed E-state index contributed by atoms with van der Waals surface area (Å²) < 4.78 is 3.21. The van der Waals surface area contributed by atoms with Crippen molar-refractivity contribution in [1.29, 1.82) is 0 Å². The van der Waals surface area contributed by atoms with Gasteiger partial charge in [-0.15, -0.1) is 0 Å². The van der Waals surface area contributed by atoms with Crippen LogP contribution in [0.2, 0.25) is 0 Å². The van der Waals surface area contributed by atoms with Crippen LogP contribution >= 0.6 is 0 Å². The molecule has 2 N–H and O–H groups in total. The smallest absolute Gasteiger partial charge is 0.320 e. The number of rotatable bonds is 3. The molecule has 0 saturated carbocycles. The van der Waals surface area contributed by atoms with Crippen molar-refractivity contribution in [2.45, 2.75) is 25.8 Å². The van der Waals surface area contributed by atoms with E-state index in [1.807, 2.05) is 24.9 Å². The molecule has 0 spiro atoms. The largest absolute Gasteiger partial charge is 0.350 e. The first-order chi connectivity index (χ1) is 11.9. The Labute approximate surface area is 145 Å². The van der Waals surface area contributed by atoms with Gasteiger partial charge in [0.05, 0.1) is 0 Å². The van der Waals surface area contributed by atoms with Gasteiger partial charge < -0.3 is 14.8 Å². The van der Waals surface area contributed by atoms with Crippen molar-refractivity contribution < 1.29 is 4.79 Å². The van der Waals surface area contributed by atoms with Crippen LogP contribution in [-0.4, -0.2) is 44.5 Å². The number of hydrogen-bond acceptors (Lipinski definition) is 5. The van der Waals surface area contributed by atoms with Gasteiger partial charge in [0.25, 0.3) is 5.56 Å². The summed E-state index contributed by atoms with van der Waals surface area (Å²) in [6.07, 6.45) is 4.99. The zero-order valence-electron chi connectivity index (χ0n) is 14.7. The molecule has 1 aliphatic rings. The number of carbonyl (C=O) groups excluding carboxylic acids is 1. The summed E-state index contributed by atoms with van der Waals surface area (Å²) in [7, 11) is 3.53. The van der Waals surface area contributed by atoms with Crippen LogP contribution in [0.5, 0.6) is 0 Å². The minimum absolute atomic E-state index is 0.0507. The van der Waals surface area contributed by atoms with Crippen molar-refractivity contribution >= 4 is 17.7 Å². The lowest BCUT2D eigenvalue weighted by molar-refractivity contribution is 0.246.